The van der Waals surface area contributed by atoms with E-state index in [1.807, 2.05) is 12.1 Å². The van der Waals surface area contributed by atoms with Gasteiger partial charge in [-0.25, -0.2) is 4.79 Å². The Kier molecular flexibility index (Phi) is 5.36. The molecule has 0 spiro atoms. The quantitative estimate of drug-likeness (QED) is 0.761. The lowest BCUT2D eigenvalue weighted by atomic mass is 9.99. The van der Waals surface area contributed by atoms with E-state index in [-0.39, 0.29) is 12.5 Å². The highest BCUT2D eigenvalue weighted by Crippen LogP contribution is 2.33. The van der Waals surface area contributed by atoms with Crippen LogP contribution in [0.3, 0.4) is 0 Å². The molecule has 1 aliphatic rings. The Labute approximate surface area is 151 Å². The predicted octanol–water partition coefficient (Wildman–Crippen LogP) is 1.84. The maximum atomic E-state index is 12.4. The fourth-order valence-corrected chi connectivity index (χ4v) is 2.89. The molecule has 0 atom stereocenters. The number of ether oxygens (including phenoxy) is 3. The van der Waals surface area contributed by atoms with E-state index in [1.165, 1.54) is 12.4 Å². The minimum Gasteiger partial charge on any atom is -0.493 e. The predicted molar refractivity (Wildman–Crippen MR) is 93.2 cm³/mol. The van der Waals surface area contributed by atoms with Gasteiger partial charge in [0.05, 0.1) is 19.8 Å². The first kappa shape index (κ1) is 17.7. The molecule has 0 fully saturated rings. The van der Waals surface area contributed by atoms with Gasteiger partial charge < -0.3 is 19.1 Å². The Morgan fingerprint density at radius 3 is 2.38 bits per heavy atom. The molecular weight excluding hydrogens is 336 g/mol. The number of rotatable bonds is 5. The van der Waals surface area contributed by atoms with Crippen LogP contribution < -0.4 is 9.47 Å². The molecule has 7 nitrogen and oxygen atoms in total. The fraction of sp³-hybridized carbons (Fsp3) is 0.316. The highest BCUT2D eigenvalue weighted by Gasteiger charge is 2.23. The molecule has 136 valence electrons. The summed E-state index contributed by atoms with van der Waals surface area (Å²) < 4.78 is 15.7. The van der Waals surface area contributed by atoms with Crippen molar-refractivity contribution in [3.05, 3.63) is 53.3 Å². The Morgan fingerprint density at radius 1 is 1.08 bits per heavy atom. The first-order valence-electron chi connectivity index (χ1n) is 8.21. The lowest BCUT2D eigenvalue weighted by Gasteiger charge is -2.29. The lowest BCUT2D eigenvalue weighted by Crippen LogP contribution is -2.38. The zero-order valence-electron chi connectivity index (χ0n) is 14.7. The van der Waals surface area contributed by atoms with Crippen LogP contribution in [0.1, 0.15) is 21.5 Å². The number of methoxy groups -OCH3 is 2. The van der Waals surface area contributed by atoms with Crippen molar-refractivity contribution < 1.29 is 23.8 Å². The summed E-state index contributed by atoms with van der Waals surface area (Å²) in [4.78, 5) is 29.9. The number of carbonyl (C=O) groups is 2. The van der Waals surface area contributed by atoms with Gasteiger partial charge in [0, 0.05) is 25.5 Å². The Morgan fingerprint density at radius 2 is 1.73 bits per heavy atom. The van der Waals surface area contributed by atoms with Crippen molar-refractivity contribution >= 4 is 11.9 Å². The van der Waals surface area contributed by atoms with Crippen LogP contribution in [0.25, 0.3) is 0 Å². The van der Waals surface area contributed by atoms with Crippen LogP contribution in [0.15, 0.2) is 36.7 Å². The first-order chi connectivity index (χ1) is 12.6. The van der Waals surface area contributed by atoms with Gasteiger partial charge in [-0.1, -0.05) is 0 Å². The molecule has 1 aromatic carbocycles. The molecule has 2 heterocycles. The first-order valence-corrected chi connectivity index (χ1v) is 8.21. The Balaban J connectivity index is 1.63. The number of pyridine rings is 1. The minimum absolute atomic E-state index is 0.229. The van der Waals surface area contributed by atoms with Gasteiger partial charge in [0.15, 0.2) is 18.1 Å². The lowest BCUT2D eigenvalue weighted by molar-refractivity contribution is -0.135. The van der Waals surface area contributed by atoms with Crippen molar-refractivity contribution in [2.45, 2.75) is 13.0 Å². The van der Waals surface area contributed by atoms with Gasteiger partial charge in [-0.15, -0.1) is 0 Å². The van der Waals surface area contributed by atoms with Crippen LogP contribution in [-0.2, 0) is 22.5 Å². The molecule has 0 aliphatic carbocycles. The van der Waals surface area contributed by atoms with E-state index >= 15 is 0 Å². The number of hydrogen-bond donors (Lipinski definition) is 0. The third-order valence-corrected chi connectivity index (χ3v) is 4.31. The second kappa shape index (κ2) is 7.86. The molecule has 1 amide bonds. The van der Waals surface area contributed by atoms with Crippen molar-refractivity contribution in [2.75, 3.05) is 27.4 Å². The smallest absolute Gasteiger partial charge is 0.338 e. The molecule has 0 N–H and O–H groups in total. The maximum absolute atomic E-state index is 12.4. The van der Waals surface area contributed by atoms with Crippen LogP contribution >= 0.6 is 0 Å². The molecule has 0 unspecified atom stereocenters. The molecule has 0 bridgehead atoms. The second-order valence-electron chi connectivity index (χ2n) is 5.85. The molecule has 0 saturated carbocycles. The van der Waals surface area contributed by atoms with Gasteiger partial charge in [0.25, 0.3) is 5.91 Å². The molecule has 1 aliphatic heterocycles. The summed E-state index contributed by atoms with van der Waals surface area (Å²) in [5.74, 6) is 0.541. The number of carbonyl (C=O) groups excluding carboxylic acids is 2. The summed E-state index contributed by atoms with van der Waals surface area (Å²) in [5, 5.41) is 0. The van der Waals surface area contributed by atoms with E-state index in [1.54, 1.807) is 31.3 Å². The summed E-state index contributed by atoms with van der Waals surface area (Å²) in [6.45, 7) is 0.721. The Hall–Kier alpha value is -3.09. The van der Waals surface area contributed by atoms with Crippen LogP contribution in [0.2, 0.25) is 0 Å². The molecule has 2 aromatic rings. The van der Waals surface area contributed by atoms with Gasteiger partial charge in [-0.3, -0.25) is 9.78 Å². The van der Waals surface area contributed by atoms with E-state index < -0.39 is 5.97 Å². The zero-order chi connectivity index (χ0) is 18.5. The number of nitrogens with zero attached hydrogens (tertiary/aromatic N) is 2. The van der Waals surface area contributed by atoms with Crippen LogP contribution in [-0.4, -0.2) is 49.1 Å². The SMILES string of the molecule is COc1cc2c(cc1OC)CN(C(=O)COC(=O)c1ccncc1)CC2. The van der Waals surface area contributed by atoms with Crippen molar-refractivity contribution in [2.24, 2.45) is 0 Å². The molecule has 0 radical (unpaired) electrons. The largest absolute Gasteiger partial charge is 0.493 e. The van der Waals surface area contributed by atoms with Gasteiger partial charge in [-0.2, -0.15) is 0 Å². The second-order valence-corrected chi connectivity index (χ2v) is 5.85. The van der Waals surface area contributed by atoms with Crippen LogP contribution in [0.5, 0.6) is 11.5 Å². The molecule has 7 heteroatoms. The summed E-state index contributed by atoms with van der Waals surface area (Å²) >= 11 is 0. The fourth-order valence-electron chi connectivity index (χ4n) is 2.89. The zero-order valence-corrected chi connectivity index (χ0v) is 14.7. The molecule has 1 aromatic heterocycles. The third-order valence-electron chi connectivity index (χ3n) is 4.31. The van der Waals surface area contributed by atoms with Crippen LogP contribution in [0, 0.1) is 0 Å². The third kappa shape index (κ3) is 3.77. The Bertz CT molecular complexity index is 807. The van der Waals surface area contributed by atoms with Crippen molar-refractivity contribution in [1.82, 2.24) is 9.88 Å². The summed E-state index contributed by atoms with van der Waals surface area (Å²) in [5.41, 5.74) is 2.50. The normalized spacial score (nSPS) is 12.9. The summed E-state index contributed by atoms with van der Waals surface area (Å²) in [7, 11) is 3.18. The van der Waals surface area contributed by atoms with Crippen LogP contribution in [0.4, 0.5) is 0 Å². The average molecular weight is 356 g/mol. The topological polar surface area (TPSA) is 78.0 Å². The number of benzene rings is 1. The van der Waals surface area contributed by atoms with Gasteiger partial charge >= 0.3 is 5.97 Å². The van der Waals surface area contributed by atoms with Crippen molar-refractivity contribution in [3.8, 4) is 11.5 Å². The molecular formula is C19H20N2O5. The van der Waals surface area contributed by atoms with E-state index in [9.17, 15) is 9.59 Å². The van der Waals surface area contributed by atoms with Crippen molar-refractivity contribution in [1.29, 1.82) is 0 Å². The molecule has 3 rings (SSSR count). The number of hydrogen-bond acceptors (Lipinski definition) is 6. The van der Waals surface area contributed by atoms with E-state index in [0.29, 0.717) is 36.6 Å². The highest BCUT2D eigenvalue weighted by atomic mass is 16.5. The molecule has 0 saturated heterocycles. The number of fused-ring (bicyclic) bond motifs is 1. The number of amides is 1. The van der Waals surface area contributed by atoms with Gasteiger partial charge in [0.2, 0.25) is 0 Å². The summed E-state index contributed by atoms with van der Waals surface area (Å²) in [6, 6.07) is 6.92. The number of esters is 1. The van der Waals surface area contributed by atoms with Gasteiger partial charge in [0.1, 0.15) is 0 Å². The maximum Gasteiger partial charge on any atom is 0.338 e. The average Bonchev–Trinajstić information content (AvgIpc) is 2.70. The van der Waals surface area contributed by atoms with Crippen molar-refractivity contribution in [3.63, 3.8) is 0 Å². The van der Waals surface area contributed by atoms with E-state index in [0.717, 1.165) is 11.1 Å². The molecule has 26 heavy (non-hydrogen) atoms. The standard InChI is InChI=1S/C19H20N2O5/c1-24-16-9-14-5-8-21(11-15(14)10-17(16)25-2)18(22)12-26-19(23)13-3-6-20-7-4-13/h3-4,6-7,9-10H,5,8,11-12H2,1-2H3. The number of aromatic nitrogens is 1. The minimum atomic E-state index is -0.537. The van der Waals surface area contributed by atoms with E-state index in [2.05, 4.69) is 4.98 Å². The summed E-state index contributed by atoms with van der Waals surface area (Å²) in [6.07, 6.45) is 3.71. The van der Waals surface area contributed by atoms with E-state index in [4.69, 9.17) is 14.2 Å². The van der Waals surface area contributed by atoms with Gasteiger partial charge in [-0.05, 0) is 41.8 Å². The highest BCUT2D eigenvalue weighted by molar-refractivity contribution is 5.91. The monoisotopic (exact) mass is 356 g/mol.